The Balaban J connectivity index is 1.84. The van der Waals surface area contributed by atoms with Crippen molar-refractivity contribution >= 4 is 5.97 Å². The van der Waals surface area contributed by atoms with Gasteiger partial charge in [0.15, 0.2) is 0 Å². The lowest BCUT2D eigenvalue weighted by Crippen LogP contribution is -2.33. The third-order valence-electron chi connectivity index (χ3n) is 6.35. The minimum absolute atomic E-state index is 0.109. The van der Waals surface area contributed by atoms with Crippen LogP contribution in [0.2, 0.25) is 0 Å². The summed E-state index contributed by atoms with van der Waals surface area (Å²) in [6.45, 7) is 2.32. The summed E-state index contributed by atoms with van der Waals surface area (Å²) in [6.07, 6.45) is -0.365. The summed E-state index contributed by atoms with van der Waals surface area (Å²) in [6, 6.07) is 25.3. The van der Waals surface area contributed by atoms with Crippen LogP contribution in [0, 0.1) is 17.5 Å². The number of aliphatic carboxylic acids is 1. The third-order valence-corrected chi connectivity index (χ3v) is 6.35. The molecule has 4 aromatic rings. The minimum atomic E-state index is -1.09. The zero-order valence-electron chi connectivity index (χ0n) is 19.7. The molecule has 0 heterocycles. The second-order valence-corrected chi connectivity index (χ2v) is 8.72. The van der Waals surface area contributed by atoms with Gasteiger partial charge in [-0.25, -0.2) is 13.2 Å². The first-order chi connectivity index (χ1) is 17.3. The van der Waals surface area contributed by atoms with Crippen LogP contribution in [0.15, 0.2) is 97.1 Å². The molecule has 1 unspecified atom stereocenters. The molecule has 0 aliphatic carbocycles. The summed E-state index contributed by atoms with van der Waals surface area (Å²) in [7, 11) is 0. The summed E-state index contributed by atoms with van der Waals surface area (Å²) in [5.41, 5.74) is 2.47. The van der Waals surface area contributed by atoms with Gasteiger partial charge in [0.25, 0.3) is 0 Å². The maximum absolute atomic E-state index is 15.3. The first-order valence-electron chi connectivity index (χ1n) is 11.6. The molecular weight excluding hydrogens is 463 g/mol. The molecule has 0 fully saturated rings. The molecule has 0 amide bonds. The van der Waals surface area contributed by atoms with E-state index in [9.17, 15) is 18.7 Å². The fourth-order valence-corrected chi connectivity index (χ4v) is 4.50. The van der Waals surface area contributed by atoms with Crippen molar-refractivity contribution in [3.63, 3.8) is 0 Å². The van der Waals surface area contributed by atoms with Crippen molar-refractivity contribution in [3.05, 3.63) is 131 Å². The number of hydrogen-bond acceptors (Lipinski definition) is 2. The Hall–Kier alpha value is -3.90. The van der Waals surface area contributed by atoms with Gasteiger partial charge in [0.2, 0.25) is 0 Å². The van der Waals surface area contributed by atoms with E-state index in [0.29, 0.717) is 12.1 Å². The van der Waals surface area contributed by atoms with E-state index >= 15 is 4.39 Å². The van der Waals surface area contributed by atoms with Crippen LogP contribution >= 0.6 is 0 Å². The Morgan fingerprint density at radius 2 is 1.50 bits per heavy atom. The lowest BCUT2D eigenvalue weighted by Gasteiger charge is -2.37. The van der Waals surface area contributed by atoms with Crippen LogP contribution in [0.5, 0.6) is 0 Å². The van der Waals surface area contributed by atoms with Gasteiger partial charge in [-0.1, -0.05) is 66.7 Å². The highest BCUT2D eigenvalue weighted by molar-refractivity contribution is 5.69. The molecule has 0 aliphatic rings. The fourth-order valence-electron chi connectivity index (χ4n) is 4.50. The van der Waals surface area contributed by atoms with Crippen molar-refractivity contribution in [2.24, 2.45) is 0 Å². The van der Waals surface area contributed by atoms with Gasteiger partial charge in [-0.2, -0.15) is 0 Å². The highest BCUT2D eigenvalue weighted by Gasteiger charge is 2.30. The van der Waals surface area contributed by atoms with E-state index in [2.05, 4.69) is 0 Å². The smallest absolute Gasteiger partial charge is 0.305 e. The van der Waals surface area contributed by atoms with Crippen LogP contribution in [0.25, 0.3) is 11.1 Å². The molecule has 4 aromatic carbocycles. The molecule has 3 nitrogen and oxygen atoms in total. The van der Waals surface area contributed by atoms with Crippen LogP contribution < -0.4 is 0 Å². The molecule has 1 N–H and O–H groups in total. The topological polar surface area (TPSA) is 40.5 Å². The van der Waals surface area contributed by atoms with Crippen molar-refractivity contribution in [1.82, 2.24) is 4.90 Å². The predicted molar refractivity (Wildman–Crippen MR) is 134 cm³/mol. The molecule has 0 aliphatic heterocycles. The number of carboxylic acids is 1. The third kappa shape index (κ3) is 5.83. The maximum atomic E-state index is 15.3. The van der Waals surface area contributed by atoms with Gasteiger partial charge < -0.3 is 5.11 Å². The van der Waals surface area contributed by atoms with Gasteiger partial charge in [0.1, 0.15) is 17.5 Å². The van der Waals surface area contributed by atoms with Crippen molar-refractivity contribution in [3.8, 4) is 11.1 Å². The number of nitrogens with zero attached hydrogens (tertiary/aromatic N) is 1. The highest BCUT2D eigenvalue weighted by Crippen LogP contribution is 2.37. The van der Waals surface area contributed by atoms with Crippen LogP contribution in [0.1, 0.15) is 42.1 Å². The van der Waals surface area contributed by atoms with Crippen molar-refractivity contribution in [2.45, 2.75) is 32.0 Å². The molecule has 0 saturated heterocycles. The second-order valence-electron chi connectivity index (χ2n) is 8.72. The Labute approximate surface area is 208 Å². The van der Waals surface area contributed by atoms with E-state index in [1.165, 1.54) is 24.3 Å². The molecule has 36 heavy (non-hydrogen) atoms. The fraction of sp³-hybridized carbons (Fsp3) is 0.167. The predicted octanol–water partition coefficient (Wildman–Crippen LogP) is 7.55. The van der Waals surface area contributed by atoms with Gasteiger partial charge in [0.05, 0.1) is 6.42 Å². The zero-order chi connectivity index (χ0) is 25.7. The number of carboxylic acid groups (broad SMARTS) is 1. The van der Waals surface area contributed by atoms with Crippen molar-refractivity contribution in [2.75, 3.05) is 0 Å². The van der Waals surface area contributed by atoms with E-state index in [0.717, 1.165) is 23.3 Å². The van der Waals surface area contributed by atoms with Crippen molar-refractivity contribution in [1.29, 1.82) is 0 Å². The first-order valence-corrected chi connectivity index (χ1v) is 11.6. The normalized spacial score (nSPS) is 12.9. The molecule has 0 bridgehead atoms. The number of carbonyl (C=O) groups is 1. The van der Waals surface area contributed by atoms with Gasteiger partial charge in [-0.05, 0) is 47.9 Å². The Kier molecular flexibility index (Phi) is 7.86. The quantitative estimate of drug-likeness (QED) is 0.264. The molecule has 0 spiro atoms. The van der Waals surface area contributed by atoms with E-state index in [4.69, 9.17) is 0 Å². The summed E-state index contributed by atoms with van der Waals surface area (Å²) in [5, 5.41) is 9.81. The number of halogens is 3. The van der Waals surface area contributed by atoms with Gasteiger partial charge in [0, 0.05) is 35.8 Å². The summed E-state index contributed by atoms with van der Waals surface area (Å²) in [5.74, 6) is -3.17. The van der Waals surface area contributed by atoms with E-state index in [1.54, 1.807) is 0 Å². The number of hydrogen-bond donors (Lipinski definition) is 1. The van der Waals surface area contributed by atoms with E-state index < -0.39 is 29.5 Å². The number of benzene rings is 4. The number of rotatable bonds is 9. The molecule has 6 heteroatoms. The molecule has 4 rings (SSSR count). The summed E-state index contributed by atoms with van der Waals surface area (Å²) < 4.78 is 43.3. The zero-order valence-corrected chi connectivity index (χ0v) is 19.7. The average molecular weight is 490 g/mol. The molecular formula is C30H26F3NO2. The van der Waals surface area contributed by atoms with Crippen molar-refractivity contribution < 1.29 is 23.1 Å². The SMILES string of the molecule is C[C@H](c1ccccc1)N(Cc1ccccc1)C(CC(=O)O)c1cc(-c2ccc(F)cc2F)ccc1F. The van der Waals surface area contributed by atoms with E-state index in [-0.39, 0.29) is 23.6 Å². The van der Waals surface area contributed by atoms with Gasteiger partial charge >= 0.3 is 5.97 Å². The summed E-state index contributed by atoms with van der Waals surface area (Å²) in [4.78, 5) is 14.0. The Bertz CT molecular complexity index is 1330. The molecule has 0 radical (unpaired) electrons. The Morgan fingerprint density at radius 3 is 2.14 bits per heavy atom. The molecule has 2 atom stereocenters. The minimum Gasteiger partial charge on any atom is -0.481 e. The van der Waals surface area contributed by atoms with Crippen LogP contribution in [0.4, 0.5) is 13.2 Å². The van der Waals surface area contributed by atoms with Crippen LogP contribution in [0.3, 0.4) is 0 Å². The molecule has 0 saturated carbocycles. The highest BCUT2D eigenvalue weighted by atomic mass is 19.1. The van der Waals surface area contributed by atoms with Gasteiger partial charge in [-0.3, -0.25) is 9.69 Å². The first kappa shape index (κ1) is 25.2. The monoisotopic (exact) mass is 489 g/mol. The lowest BCUT2D eigenvalue weighted by molar-refractivity contribution is -0.138. The van der Waals surface area contributed by atoms with Crippen LogP contribution in [-0.4, -0.2) is 16.0 Å². The molecule has 184 valence electrons. The van der Waals surface area contributed by atoms with Crippen LogP contribution in [-0.2, 0) is 11.3 Å². The molecule has 0 aromatic heterocycles. The van der Waals surface area contributed by atoms with Gasteiger partial charge in [-0.15, -0.1) is 0 Å². The summed E-state index contributed by atoms with van der Waals surface area (Å²) >= 11 is 0. The largest absolute Gasteiger partial charge is 0.481 e. The second kappa shape index (κ2) is 11.2. The lowest BCUT2D eigenvalue weighted by atomic mass is 9.93. The maximum Gasteiger partial charge on any atom is 0.305 e. The van der Waals surface area contributed by atoms with E-state index in [1.807, 2.05) is 72.5 Å². The Morgan fingerprint density at radius 1 is 0.833 bits per heavy atom. The average Bonchev–Trinajstić information content (AvgIpc) is 2.87. The standard InChI is InChI=1S/C30H26F3NO2/c1-20(22-10-6-3-7-11-22)34(19-21-8-4-2-5-9-21)29(18-30(35)36)26-16-23(12-15-27(26)32)25-14-13-24(31)17-28(25)33/h2-17,20,29H,18-19H2,1H3,(H,35,36)/t20-,29?/m1/s1.